The molecular formula is C11H18ClNOS. The van der Waals surface area contributed by atoms with Gasteiger partial charge in [-0.25, -0.2) is 0 Å². The van der Waals surface area contributed by atoms with E-state index in [0.29, 0.717) is 6.04 Å². The SMILES string of the molecule is CC(O)CCCNC(C)c1csc(Cl)c1. The van der Waals surface area contributed by atoms with Gasteiger partial charge in [0, 0.05) is 6.04 Å². The maximum absolute atomic E-state index is 9.09. The lowest BCUT2D eigenvalue weighted by Crippen LogP contribution is -2.20. The first-order valence-corrected chi connectivity index (χ1v) is 6.50. The van der Waals surface area contributed by atoms with Gasteiger partial charge in [-0.3, -0.25) is 0 Å². The van der Waals surface area contributed by atoms with Crippen molar-refractivity contribution in [3.8, 4) is 0 Å². The second-order valence-corrected chi connectivity index (χ2v) is 5.39. The molecule has 2 nitrogen and oxygen atoms in total. The average Bonchev–Trinajstić information content (AvgIpc) is 2.59. The second kappa shape index (κ2) is 6.48. The van der Waals surface area contributed by atoms with E-state index in [2.05, 4.69) is 17.6 Å². The Kier molecular flexibility index (Phi) is 5.61. The number of hydrogen-bond acceptors (Lipinski definition) is 3. The number of aliphatic hydroxyl groups is 1. The van der Waals surface area contributed by atoms with E-state index in [1.165, 1.54) is 5.56 Å². The minimum atomic E-state index is -0.197. The molecule has 0 aliphatic carbocycles. The predicted octanol–water partition coefficient (Wildman–Crippen LogP) is 3.21. The number of rotatable bonds is 6. The smallest absolute Gasteiger partial charge is 0.0931 e. The Balaban J connectivity index is 2.21. The first-order chi connectivity index (χ1) is 7.09. The van der Waals surface area contributed by atoms with Crippen molar-refractivity contribution in [1.29, 1.82) is 0 Å². The van der Waals surface area contributed by atoms with Crippen molar-refractivity contribution in [1.82, 2.24) is 5.32 Å². The molecule has 1 aromatic rings. The number of aliphatic hydroxyl groups excluding tert-OH is 1. The van der Waals surface area contributed by atoms with Crippen molar-refractivity contribution in [3.05, 3.63) is 21.3 Å². The lowest BCUT2D eigenvalue weighted by atomic mass is 10.1. The zero-order chi connectivity index (χ0) is 11.3. The molecule has 0 bridgehead atoms. The van der Waals surface area contributed by atoms with Crippen molar-refractivity contribution < 1.29 is 5.11 Å². The summed E-state index contributed by atoms with van der Waals surface area (Å²) >= 11 is 7.43. The molecule has 2 unspecified atom stereocenters. The van der Waals surface area contributed by atoms with E-state index in [0.717, 1.165) is 23.7 Å². The summed E-state index contributed by atoms with van der Waals surface area (Å²) in [5.74, 6) is 0. The van der Waals surface area contributed by atoms with Crippen molar-refractivity contribution >= 4 is 22.9 Å². The molecule has 0 amide bonds. The molecule has 2 atom stereocenters. The molecule has 0 saturated heterocycles. The van der Waals surface area contributed by atoms with Gasteiger partial charge in [0.2, 0.25) is 0 Å². The van der Waals surface area contributed by atoms with Gasteiger partial charge in [0.25, 0.3) is 0 Å². The summed E-state index contributed by atoms with van der Waals surface area (Å²) in [6, 6.07) is 2.33. The van der Waals surface area contributed by atoms with E-state index in [4.69, 9.17) is 16.7 Å². The lowest BCUT2D eigenvalue weighted by molar-refractivity contribution is 0.181. The highest BCUT2D eigenvalue weighted by atomic mass is 35.5. The Morgan fingerprint density at radius 2 is 2.27 bits per heavy atom. The van der Waals surface area contributed by atoms with Gasteiger partial charge in [-0.2, -0.15) is 0 Å². The van der Waals surface area contributed by atoms with Gasteiger partial charge < -0.3 is 10.4 Å². The van der Waals surface area contributed by atoms with Crippen LogP contribution in [0.1, 0.15) is 38.3 Å². The molecule has 0 saturated carbocycles. The highest BCUT2D eigenvalue weighted by molar-refractivity contribution is 7.14. The maximum atomic E-state index is 9.09. The van der Waals surface area contributed by atoms with E-state index < -0.39 is 0 Å². The summed E-state index contributed by atoms with van der Waals surface area (Å²) in [6.45, 7) is 4.88. The van der Waals surface area contributed by atoms with Crippen LogP contribution in [0.25, 0.3) is 0 Å². The molecule has 86 valence electrons. The quantitative estimate of drug-likeness (QED) is 0.757. The fraction of sp³-hybridized carbons (Fsp3) is 0.636. The number of thiophene rings is 1. The molecule has 0 radical (unpaired) electrons. The van der Waals surface area contributed by atoms with Gasteiger partial charge in [-0.05, 0) is 50.2 Å². The zero-order valence-corrected chi connectivity index (χ0v) is 10.7. The summed E-state index contributed by atoms with van der Waals surface area (Å²) in [5.41, 5.74) is 1.24. The van der Waals surface area contributed by atoms with Crippen LogP contribution in [0.2, 0.25) is 4.34 Å². The highest BCUT2D eigenvalue weighted by Gasteiger charge is 2.06. The maximum Gasteiger partial charge on any atom is 0.0931 e. The predicted molar refractivity (Wildman–Crippen MR) is 66.7 cm³/mol. The first-order valence-electron chi connectivity index (χ1n) is 5.25. The van der Waals surface area contributed by atoms with Crippen LogP contribution in [0, 0.1) is 0 Å². The Morgan fingerprint density at radius 3 is 2.80 bits per heavy atom. The molecule has 4 heteroatoms. The van der Waals surface area contributed by atoms with Gasteiger partial charge >= 0.3 is 0 Å². The van der Waals surface area contributed by atoms with E-state index in [1.807, 2.05) is 13.0 Å². The molecule has 0 aromatic carbocycles. The molecule has 0 spiro atoms. The van der Waals surface area contributed by atoms with Crippen LogP contribution in [-0.2, 0) is 0 Å². The molecular weight excluding hydrogens is 230 g/mol. The van der Waals surface area contributed by atoms with Crippen molar-refractivity contribution in [2.75, 3.05) is 6.54 Å². The van der Waals surface area contributed by atoms with E-state index in [1.54, 1.807) is 11.3 Å². The van der Waals surface area contributed by atoms with Crippen molar-refractivity contribution in [3.63, 3.8) is 0 Å². The lowest BCUT2D eigenvalue weighted by Gasteiger charge is -2.12. The normalized spacial score (nSPS) is 15.2. The fourth-order valence-electron chi connectivity index (χ4n) is 1.38. The number of halogens is 1. The van der Waals surface area contributed by atoms with Crippen LogP contribution >= 0.6 is 22.9 Å². The Bertz CT molecular complexity index is 288. The largest absolute Gasteiger partial charge is 0.393 e. The fourth-order valence-corrected chi connectivity index (χ4v) is 2.37. The van der Waals surface area contributed by atoms with Crippen molar-refractivity contribution in [2.24, 2.45) is 0 Å². The Hall–Kier alpha value is -0.0900. The topological polar surface area (TPSA) is 32.3 Å². The van der Waals surface area contributed by atoms with Gasteiger partial charge in [0.15, 0.2) is 0 Å². The minimum Gasteiger partial charge on any atom is -0.393 e. The van der Waals surface area contributed by atoms with Gasteiger partial charge in [-0.1, -0.05) is 11.6 Å². The Morgan fingerprint density at radius 1 is 1.53 bits per heavy atom. The third kappa shape index (κ3) is 4.98. The van der Waals surface area contributed by atoms with Gasteiger partial charge in [-0.15, -0.1) is 11.3 Å². The molecule has 1 aromatic heterocycles. The molecule has 2 N–H and O–H groups in total. The summed E-state index contributed by atoms with van der Waals surface area (Å²) in [7, 11) is 0. The molecule has 15 heavy (non-hydrogen) atoms. The molecule has 0 fully saturated rings. The standard InChI is InChI=1S/C11H18ClNOS/c1-8(14)4-3-5-13-9(2)10-6-11(12)15-7-10/h6-9,13-14H,3-5H2,1-2H3. The molecule has 1 rings (SSSR count). The van der Waals surface area contributed by atoms with E-state index >= 15 is 0 Å². The van der Waals surface area contributed by atoms with Crippen LogP contribution in [0.4, 0.5) is 0 Å². The average molecular weight is 248 g/mol. The van der Waals surface area contributed by atoms with Crippen LogP contribution in [-0.4, -0.2) is 17.8 Å². The molecule has 0 aliphatic heterocycles. The summed E-state index contributed by atoms with van der Waals surface area (Å²) in [5, 5.41) is 14.6. The summed E-state index contributed by atoms with van der Waals surface area (Å²) in [6.07, 6.45) is 1.65. The van der Waals surface area contributed by atoms with Gasteiger partial charge in [0.05, 0.1) is 10.4 Å². The first kappa shape index (κ1) is 13.0. The third-order valence-corrected chi connectivity index (χ3v) is 3.45. The molecule has 1 heterocycles. The van der Waals surface area contributed by atoms with Crippen LogP contribution < -0.4 is 5.32 Å². The van der Waals surface area contributed by atoms with Crippen LogP contribution in [0.3, 0.4) is 0 Å². The van der Waals surface area contributed by atoms with Crippen LogP contribution in [0.15, 0.2) is 11.4 Å². The van der Waals surface area contributed by atoms with Crippen LogP contribution in [0.5, 0.6) is 0 Å². The summed E-state index contributed by atoms with van der Waals surface area (Å²) in [4.78, 5) is 0. The minimum absolute atomic E-state index is 0.197. The molecule has 0 aliphatic rings. The van der Waals surface area contributed by atoms with E-state index in [9.17, 15) is 0 Å². The summed E-state index contributed by atoms with van der Waals surface area (Å²) < 4.78 is 0.836. The third-order valence-electron chi connectivity index (χ3n) is 2.34. The highest BCUT2D eigenvalue weighted by Crippen LogP contribution is 2.24. The van der Waals surface area contributed by atoms with Crippen molar-refractivity contribution in [2.45, 2.75) is 38.8 Å². The number of hydrogen-bond donors (Lipinski definition) is 2. The van der Waals surface area contributed by atoms with E-state index in [-0.39, 0.29) is 6.10 Å². The number of nitrogens with one attached hydrogen (secondary N) is 1. The monoisotopic (exact) mass is 247 g/mol. The van der Waals surface area contributed by atoms with Gasteiger partial charge in [0.1, 0.15) is 0 Å². The Labute approximate surface area is 100 Å². The zero-order valence-electron chi connectivity index (χ0n) is 9.16. The second-order valence-electron chi connectivity index (χ2n) is 3.85.